The molecule has 0 aliphatic carbocycles. The van der Waals surface area contributed by atoms with Gasteiger partial charge in [-0.3, -0.25) is 4.79 Å². The van der Waals surface area contributed by atoms with Crippen LogP contribution in [0, 0.1) is 19.7 Å². The van der Waals surface area contributed by atoms with Gasteiger partial charge in [0.1, 0.15) is 22.3 Å². The first-order valence-corrected chi connectivity index (χ1v) is 10.6. The number of piperazine rings is 1. The number of aromatic nitrogens is 2. The van der Waals surface area contributed by atoms with Gasteiger partial charge in [0.15, 0.2) is 0 Å². The zero-order valence-electron chi connectivity index (χ0n) is 16.5. The number of aryl methyl sites for hydroxylation is 2. The number of amides is 1. The third-order valence-electron chi connectivity index (χ3n) is 5.18. The van der Waals surface area contributed by atoms with Gasteiger partial charge in [-0.05, 0) is 37.6 Å². The van der Waals surface area contributed by atoms with Crippen molar-refractivity contribution >= 4 is 50.6 Å². The molecule has 1 fully saturated rings. The topological polar surface area (TPSA) is 62.6 Å². The van der Waals surface area contributed by atoms with Crippen LogP contribution in [0.15, 0.2) is 18.2 Å². The molecular formula is C20H22ClFN5OS+. The zero-order chi connectivity index (χ0) is 20.7. The lowest BCUT2D eigenvalue weighted by atomic mass is 10.1. The Kier molecular flexibility index (Phi) is 5.42. The summed E-state index contributed by atoms with van der Waals surface area (Å²) in [6, 6.07) is 4.13. The van der Waals surface area contributed by atoms with Crippen molar-refractivity contribution in [2.24, 2.45) is 0 Å². The van der Waals surface area contributed by atoms with E-state index in [-0.39, 0.29) is 10.9 Å². The van der Waals surface area contributed by atoms with Crippen molar-refractivity contribution in [1.29, 1.82) is 0 Å². The monoisotopic (exact) mass is 434 g/mol. The predicted octanol–water partition coefficient (Wildman–Crippen LogP) is 2.69. The SMILES string of the molecule is Cc1nc(N2CC[NH+](C)CC2)c2c(C)c(C(=O)Nc3ccc(F)c(Cl)c3)sc2n1. The lowest BCUT2D eigenvalue weighted by Crippen LogP contribution is -3.12. The summed E-state index contributed by atoms with van der Waals surface area (Å²) in [5.41, 5.74) is 1.31. The Labute approximate surface area is 177 Å². The molecule has 0 spiro atoms. The third kappa shape index (κ3) is 3.92. The second kappa shape index (κ2) is 7.85. The molecule has 0 saturated carbocycles. The van der Waals surface area contributed by atoms with E-state index in [1.807, 2.05) is 13.8 Å². The van der Waals surface area contributed by atoms with Gasteiger partial charge in [-0.25, -0.2) is 14.4 Å². The Morgan fingerprint density at radius 3 is 2.69 bits per heavy atom. The molecule has 1 aliphatic rings. The smallest absolute Gasteiger partial charge is 0.266 e. The first-order valence-electron chi connectivity index (χ1n) is 9.44. The maximum atomic E-state index is 13.4. The fraction of sp³-hybridized carbons (Fsp3) is 0.350. The lowest BCUT2D eigenvalue weighted by molar-refractivity contribution is -0.880. The van der Waals surface area contributed by atoms with Crippen LogP contribution in [-0.4, -0.2) is 49.1 Å². The first-order chi connectivity index (χ1) is 13.8. The second-order valence-corrected chi connectivity index (χ2v) is 8.76. The van der Waals surface area contributed by atoms with E-state index in [1.165, 1.54) is 34.4 Å². The summed E-state index contributed by atoms with van der Waals surface area (Å²) in [5, 5.41) is 3.70. The molecule has 1 aliphatic heterocycles. The van der Waals surface area contributed by atoms with Gasteiger partial charge < -0.3 is 15.1 Å². The highest BCUT2D eigenvalue weighted by Crippen LogP contribution is 2.36. The van der Waals surface area contributed by atoms with Gasteiger partial charge in [-0.15, -0.1) is 11.3 Å². The molecule has 1 amide bonds. The van der Waals surface area contributed by atoms with Gasteiger partial charge in [0.25, 0.3) is 5.91 Å². The number of carbonyl (C=O) groups excluding carboxylic acids is 1. The number of quaternary nitrogens is 1. The van der Waals surface area contributed by atoms with Gasteiger partial charge in [-0.1, -0.05) is 11.6 Å². The van der Waals surface area contributed by atoms with Crippen LogP contribution in [0.3, 0.4) is 0 Å². The highest BCUT2D eigenvalue weighted by Gasteiger charge is 2.25. The molecule has 152 valence electrons. The molecule has 2 aromatic heterocycles. The van der Waals surface area contributed by atoms with E-state index in [0.717, 1.165) is 47.8 Å². The molecule has 6 nitrogen and oxygen atoms in total. The summed E-state index contributed by atoms with van der Waals surface area (Å²) in [5.74, 6) is 0.807. The summed E-state index contributed by atoms with van der Waals surface area (Å²) in [4.78, 5) is 27.4. The quantitative estimate of drug-likeness (QED) is 0.665. The van der Waals surface area contributed by atoms with Crippen molar-refractivity contribution in [1.82, 2.24) is 9.97 Å². The molecule has 9 heteroatoms. The van der Waals surface area contributed by atoms with Crippen LogP contribution in [0.5, 0.6) is 0 Å². The van der Waals surface area contributed by atoms with Crippen LogP contribution < -0.4 is 15.1 Å². The number of halogens is 2. The van der Waals surface area contributed by atoms with Crippen LogP contribution in [0.25, 0.3) is 10.2 Å². The Balaban J connectivity index is 1.70. The number of nitrogens with one attached hydrogen (secondary N) is 2. The molecule has 0 unspecified atom stereocenters. The van der Waals surface area contributed by atoms with Crippen molar-refractivity contribution in [2.75, 3.05) is 43.4 Å². The number of carbonyl (C=O) groups is 1. The van der Waals surface area contributed by atoms with E-state index in [2.05, 4.69) is 22.2 Å². The van der Waals surface area contributed by atoms with E-state index in [0.29, 0.717) is 16.4 Å². The molecule has 3 heterocycles. The van der Waals surface area contributed by atoms with E-state index in [4.69, 9.17) is 16.6 Å². The van der Waals surface area contributed by atoms with E-state index >= 15 is 0 Å². The standard InChI is InChI=1S/C20H21ClFN5OS/c1-11-16-18(27-8-6-26(3)7-9-27)23-12(2)24-20(16)29-17(11)19(28)25-13-4-5-15(22)14(21)10-13/h4-5,10H,6-9H2,1-3H3,(H,25,28)/p+1. The Hall–Kier alpha value is -2.29. The summed E-state index contributed by atoms with van der Waals surface area (Å²) in [7, 11) is 2.19. The number of rotatable bonds is 3. The molecule has 4 rings (SSSR count). The molecule has 1 saturated heterocycles. The van der Waals surface area contributed by atoms with E-state index in [9.17, 15) is 9.18 Å². The van der Waals surface area contributed by atoms with E-state index in [1.54, 1.807) is 0 Å². The number of thiophene rings is 1. The second-order valence-electron chi connectivity index (χ2n) is 7.36. The average molecular weight is 435 g/mol. The number of nitrogens with zero attached hydrogens (tertiary/aromatic N) is 3. The number of fused-ring (bicyclic) bond motifs is 1. The minimum atomic E-state index is -0.521. The van der Waals surface area contributed by atoms with Gasteiger partial charge in [-0.2, -0.15) is 0 Å². The maximum Gasteiger partial charge on any atom is 0.266 e. The number of likely N-dealkylation sites (N-methyl/N-ethyl adjacent to an activating group) is 1. The molecular weight excluding hydrogens is 413 g/mol. The average Bonchev–Trinajstić information content (AvgIpc) is 3.01. The first kappa shape index (κ1) is 20.0. The predicted molar refractivity (Wildman–Crippen MR) is 115 cm³/mol. The molecule has 29 heavy (non-hydrogen) atoms. The highest BCUT2D eigenvalue weighted by molar-refractivity contribution is 7.20. The largest absolute Gasteiger partial charge is 0.345 e. The van der Waals surface area contributed by atoms with Gasteiger partial charge >= 0.3 is 0 Å². The Morgan fingerprint density at radius 1 is 1.28 bits per heavy atom. The number of anilines is 2. The zero-order valence-corrected chi connectivity index (χ0v) is 18.0. The minimum Gasteiger partial charge on any atom is -0.345 e. The van der Waals surface area contributed by atoms with Crippen molar-refractivity contribution in [3.05, 3.63) is 45.3 Å². The van der Waals surface area contributed by atoms with Gasteiger partial charge in [0.05, 0.1) is 48.5 Å². The normalized spacial score (nSPS) is 15.1. The van der Waals surface area contributed by atoms with Crippen LogP contribution >= 0.6 is 22.9 Å². The fourth-order valence-corrected chi connectivity index (χ4v) is 4.83. The molecule has 2 N–H and O–H groups in total. The number of hydrogen-bond acceptors (Lipinski definition) is 5. The molecule has 1 aromatic carbocycles. The maximum absolute atomic E-state index is 13.4. The fourth-order valence-electron chi connectivity index (χ4n) is 3.53. The van der Waals surface area contributed by atoms with Gasteiger partial charge in [0.2, 0.25) is 0 Å². The van der Waals surface area contributed by atoms with Crippen molar-refractivity contribution < 1.29 is 14.1 Å². The minimum absolute atomic E-state index is 0.0307. The number of hydrogen-bond donors (Lipinski definition) is 2. The van der Waals surface area contributed by atoms with Crippen LogP contribution in [0.2, 0.25) is 5.02 Å². The number of benzene rings is 1. The summed E-state index contributed by atoms with van der Waals surface area (Å²) >= 11 is 7.17. The molecule has 0 bridgehead atoms. The highest BCUT2D eigenvalue weighted by atomic mass is 35.5. The van der Waals surface area contributed by atoms with E-state index < -0.39 is 5.82 Å². The molecule has 0 radical (unpaired) electrons. The van der Waals surface area contributed by atoms with Gasteiger partial charge in [0, 0.05) is 5.69 Å². The summed E-state index contributed by atoms with van der Waals surface area (Å²) < 4.78 is 13.4. The van der Waals surface area contributed by atoms with Crippen LogP contribution in [0.1, 0.15) is 21.1 Å². The van der Waals surface area contributed by atoms with Crippen molar-refractivity contribution in [3.63, 3.8) is 0 Å². The summed E-state index contributed by atoms with van der Waals surface area (Å²) in [6.07, 6.45) is 0. The third-order valence-corrected chi connectivity index (χ3v) is 6.66. The van der Waals surface area contributed by atoms with Crippen LogP contribution in [-0.2, 0) is 0 Å². The Bertz CT molecular complexity index is 1090. The van der Waals surface area contributed by atoms with Crippen molar-refractivity contribution in [3.8, 4) is 0 Å². The van der Waals surface area contributed by atoms with Crippen molar-refractivity contribution in [2.45, 2.75) is 13.8 Å². The molecule has 3 aromatic rings. The Morgan fingerprint density at radius 2 is 2.00 bits per heavy atom. The lowest BCUT2D eigenvalue weighted by Gasteiger charge is -2.31. The molecule has 0 atom stereocenters. The summed E-state index contributed by atoms with van der Waals surface area (Å²) in [6.45, 7) is 7.73. The van der Waals surface area contributed by atoms with Crippen LogP contribution in [0.4, 0.5) is 15.9 Å².